The van der Waals surface area contributed by atoms with Crippen molar-refractivity contribution >= 4 is 17.9 Å². The predicted octanol–water partition coefficient (Wildman–Crippen LogP) is 14.4. The molecule has 0 spiro atoms. The van der Waals surface area contributed by atoms with Gasteiger partial charge >= 0.3 is 17.9 Å². The highest BCUT2D eigenvalue weighted by atomic mass is 16.6. The molecule has 0 radical (unpaired) electrons. The molecule has 1 atom stereocenters. The lowest BCUT2D eigenvalue weighted by Crippen LogP contribution is -2.30. The first-order valence-electron chi connectivity index (χ1n) is 22.2. The molecule has 322 valence electrons. The van der Waals surface area contributed by atoms with E-state index in [0.29, 0.717) is 19.3 Å². The highest BCUT2D eigenvalue weighted by molar-refractivity contribution is 5.71. The van der Waals surface area contributed by atoms with Gasteiger partial charge in [0.15, 0.2) is 6.10 Å². The van der Waals surface area contributed by atoms with Gasteiger partial charge < -0.3 is 14.2 Å². The van der Waals surface area contributed by atoms with E-state index >= 15 is 0 Å². The normalized spacial score (nSPS) is 13.4. The van der Waals surface area contributed by atoms with Crippen LogP contribution in [0.15, 0.2) is 134 Å². The fourth-order valence-corrected chi connectivity index (χ4v) is 5.16. The fourth-order valence-electron chi connectivity index (χ4n) is 5.16. The quantitative estimate of drug-likeness (QED) is 0.0270. The minimum Gasteiger partial charge on any atom is -0.462 e. The van der Waals surface area contributed by atoms with E-state index in [2.05, 4.69) is 142 Å². The van der Waals surface area contributed by atoms with Crippen LogP contribution in [0.25, 0.3) is 0 Å². The summed E-state index contributed by atoms with van der Waals surface area (Å²) in [5.74, 6) is -1.12. The van der Waals surface area contributed by atoms with Crippen LogP contribution < -0.4 is 0 Å². The smallest absolute Gasteiger partial charge is 0.306 e. The zero-order valence-corrected chi connectivity index (χ0v) is 36.5. The number of rotatable bonds is 37. The van der Waals surface area contributed by atoms with E-state index in [0.717, 1.165) is 96.3 Å². The van der Waals surface area contributed by atoms with Gasteiger partial charge in [-0.3, -0.25) is 14.4 Å². The molecule has 0 aliphatic rings. The fraction of sp³-hybridized carbons (Fsp3) is 0.519. The Labute approximate surface area is 354 Å². The van der Waals surface area contributed by atoms with Crippen molar-refractivity contribution in [2.75, 3.05) is 13.2 Å². The lowest BCUT2D eigenvalue weighted by molar-refractivity contribution is -0.166. The van der Waals surface area contributed by atoms with Crippen molar-refractivity contribution in [1.82, 2.24) is 0 Å². The molecule has 0 bridgehead atoms. The first-order chi connectivity index (χ1) is 28.5. The lowest BCUT2D eigenvalue weighted by atomic mass is 10.1. The Morgan fingerprint density at radius 3 is 1.00 bits per heavy atom. The van der Waals surface area contributed by atoms with Crippen LogP contribution in [0.2, 0.25) is 0 Å². The molecule has 58 heavy (non-hydrogen) atoms. The first-order valence-corrected chi connectivity index (χ1v) is 22.2. The van der Waals surface area contributed by atoms with Crippen molar-refractivity contribution < 1.29 is 28.6 Å². The van der Waals surface area contributed by atoms with Crippen LogP contribution in [0.1, 0.15) is 156 Å². The molecule has 0 heterocycles. The van der Waals surface area contributed by atoms with Crippen molar-refractivity contribution in [3.05, 3.63) is 134 Å². The molecule has 0 aromatic heterocycles. The Hall–Kier alpha value is -4.45. The molecule has 0 aliphatic carbocycles. The third-order valence-corrected chi connectivity index (χ3v) is 8.39. The summed E-state index contributed by atoms with van der Waals surface area (Å²) in [7, 11) is 0. The van der Waals surface area contributed by atoms with E-state index in [9.17, 15) is 14.4 Å². The van der Waals surface area contributed by atoms with Crippen molar-refractivity contribution in [3.8, 4) is 0 Å². The Balaban J connectivity index is 4.64. The second kappa shape index (κ2) is 45.3. The van der Waals surface area contributed by atoms with Crippen molar-refractivity contribution in [3.63, 3.8) is 0 Å². The predicted molar refractivity (Wildman–Crippen MR) is 246 cm³/mol. The number of allylic oxidation sites excluding steroid dienone is 22. The van der Waals surface area contributed by atoms with Crippen LogP contribution in [0.4, 0.5) is 0 Å². The minimum atomic E-state index is -0.846. The molecule has 0 saturated carbocycles. The monoisotopic (exact) mass is 799 g/mol. The summed E-state index contributed by atoms with van der Waals surface area (Å²) in [6, 6.07) is 0. The van der Waals surface area contributed by atoms with Gasteiger partial charge in [-0.15, -0.1) is 0 Å². The largest absolute Gasteiger partial charge is 0.462 e. The average molecular weight is 799 g/mol. The molecule has 0 aromatic carbocycles. The van der Waals surface area contributed by atoms with Crippen LogP contribution in [0, 0.1) is 0 Å². The standard InChI is InChI=1S/C52H78O6/c1-4-7-10-13-16-19-22-25-26-27-28-31-33-36-39-42-45-51(54)57-48-49(58-52(55)46-43-40-37-34-30-24-21-18-15-12-9-6-3)47-56-50(53)44-41-38-35-32-29-23-20-17-14-11-8-5-2/h7-12,16-21,25-26,28-32,34,36,39,49H,4-6,13-15,22-24,27,33,35,37-38,40-48H2,1-3H3/b10-7-,11-8-,12-9-,19-16-,20-17-,21-18-,26-25-,31-28-,32-29-,34-30-,39-36-. The van der Waals surface area contributed by atoms with Crippen molar-refractivity contribution in [2.24, 2.45) is 0 Å². The number of carbonyl (C=O) groups is 3. The van der Waals surface area contributed by atoms with Crippen LogP contribution in [-0.4, -0.2) is 37.2 Å². The second-order valence-electron chi connectivity index (χ2n) is 13.8. The van der Waals surface area contributed by atoms with Crippen LogP contribution >= 0.6 is 0 Å². The van der Waals surface area contributed by atoms with Gasteiger partial charge in [0, 0.05) is 19.3 Å². The highest BCUT2D eigenvalue weighted by Crippen LogP contribution is 2.09. The van der Waals surface area contributed by atoms with Crippen LogP contribution in [0.5, 0.6) is 0 Å². The SMILES string of the molecule is CC/C=C\C/C=C\C/C=C\C/C=C\C/C=C\CCC(=O)OCC(COC(=O)CCCC/C=C\C/C=C\C/C=C\CC)OC(=O)CCCC/C=C\C/C=C\C/C=C\CC. The van der Waals surface area contributed by atoms with Gasteiger partial charge in [0.25, 0.3) is 0 Å². The Morgan fingerprint density at radius 1 is 0.345 bits per heavy atom. The molecule has 6 heteroatoms. The number of esters is 3. The number of hydrogen-bond acceptors (Lipinski definition) is 6. The summed E-state index contributed by atoms with van der Waals surface area (Å²) < 4.78 is 16.5. The summed E-state index contributed by atoms with van der Waals surface area (Å²) >= 11 is 0. The zero-order chi connectivity index (χ0) is 42.3. The van der Waals surface area contributed by atoms with E-state index in [4.69, 9.17) is 14.2 Å². The molecule has 0 fully saturated rings. The zero-order valence-electron chi connectivity index (χ0n) is 36.5. The second-order valence-corrected chi connectivity index (χ2v) is 13.8. The molecule has 0 saturated heterocycles. The van der Waals surface area contributed by atoms with Crippen molar-refractivity contribution in [2.45, 2.75) is 162 Å². The van der Waals surface area contributed by atoms with Gasteiger partial charge in [-0.2, -0.15) is 0 Å². The molecule has 0 N–H and O–H groups in total. The maximum atomic E-state index is 12.7. The van der Waals surface area contributed by atoms with E-state index in [1.807, 2.05) is 12.2 Å². The van der Waals surface area contributed by atoms with E-state index in [1.54, 1.807) is 0 Å². The Bertz CT molecular complexity index is 1330. The highest BCUT2D eigenvalue weighted by Gasteiger charge is 2.19. The molecule has 6 nitrogen and oxygen atoms in total. The molecule has 0 amide bonds. The molecular formula is C52H78O6. The number of carbonyl (C=O) groups excluding carboxylic acids is 3. The Kier molecular flexibility index (Phi) is 41.8. The van der Waals surface area contributed by atoms with Gasteiger partial charge in [-0.25, -0.2) is 0 Å². The minimum absolute atomic E-state index is 0.142. The summed E-state index contributed by atoms with van der Waals surface area (Å²) in [6.07, 6.45) is 63.1. The molecule has 0 aromatic rings. The average Bonchev–Trinajstić information content (AvgIpc) is 3.22. The molecule has 0 aliphatic heterocycles. The summed E-state index contributed by atoms with van der Waals surface area (Å²) in [5, 5.41) is 0. The summed E-state index contributed by atoms with van der Waals surface area (Å²) in [6.45, 7) is 6.10. The molecular weight excluding hydrogens is 721 g/mol. The van der Waals surface area contributed by atoms with Crippen LogP contribution in [-0.2, 0) is 28.6 Å². The van der Waals surface area contributed by atoms with Crippen molar-refractivity contribution in [1.29, 1.82) is 0 Å². The third-order valence-electron chi connectivity index (χ3n) is 8.39. The Morgan fingerprint density at radius 2 is 0.638 bits per heavy atom. The first kappa shape index (κ1) is 53.6. The number of hydrogen-bond donors (Lipinski definition) is 0. The van der Waals surface area contributed by atoms with Gasteiger partial charge in [0.05, 0.1) is 0 Å². The maximum Gasteiger partial charge on any atom is 0.306 e. The number of unbranched alkanes of at least 4 members (excludes halogenated alkanes) is 4. The topological polar surface area (TPSA) is 78.9 Å². The van der Waals surface area contributed by atoms with Gasteiger partial charge in [-0.1, -0.05) is 154 Å². The van der Waals surface area contributed by atoms with E-state index in [1.165, 1.54) is 0 Å². The molecule has 0 rings (SSSR count). The van der Waals surface area contributed by atoms with E-state index < -0.39 is 6.10 Å². The van der Waals surface area contributed by atoms with E-state index in [-0.39, 0.29) is 50.4 Å². The third kappa shape index (κ3) is 42.7. The molecule has 1 unspecified atom stereocenters. The maximum absolute atomic E-state index is 12.7. The van der Waals surface area contributed by atoms with Gasteiger partial charge in [0.2, 0.25) is 0 Å². The lowest BCUT2D eigenvalue weighted by Gasteiger charge is -2.18. The number of ether oxygens (including phenoxy) is 3. The van der Waals surface area contributed by atoms with Gasteiger partial charge in [0.1, 0.15) is 13.2 Å². The van der Waals surface area contributed by atoms with Crippen LogP contribution in [0.3, 0.4) is 0 Å². The summed E-state index contributed by atoms with van der Waals surface area (Å²) in [4.78, 5) is 37.7. The summed E-state index contributed by atoms with van der Waals surface area (Å²) in [5.41, 5.74) is 0. The van der Waals surface area contributed by atoms with Gasteiger partial charge in [-0.05, 0) is 116 Å².